The van der Waals surface area contributed by atoms with E-state index in [4.69, 9.17) is 9.40 Å². The molecule has 0 aliphatic heterocycles. The third kappa shape index (κ3) is 2.66. The second-order valence-electron chi connectivity index (χ2n) is 6.56. The van der Waals surface area contributed by atoms with Crippen molar-refractivity contribution >= 4 is 39.5 Å². The molecule has 0 fully saturated rings. The highest BCUT2D eigenvalue weighted by Gasteiger charge is 2.18. The number of para-hydroxylation sites is 2. The normalized spacial score (nSPS) is 12.0. The van der Waals surface area contributed by atoms with Gasteiger partial charge in [-0.1, -0.05) is 23.9 Å². The Kier molecular flexibility index (Phi) is 4.06. The number of aromatic nitrogens is 6. The highest BCUT2D eigenvalue weighted by molar-refractivity contribution is 7.98. The van der Waals surface area contributed by atoms with Crippen LogP contribution in [0.3, 0.4) is 0 Å². The van der Waals surface area contributed by atoms with Gasteiger partial charge in [0.15, 0.2) is 17.1 Å². The van der Waals surface area contributed by atoms with Gasteiger partial charge in [-0.2, -0.15) is 0 Å². The van der Waals surface area contributed by atoms with E-state index >= 15 is 0 Å². The van der Waals surface area contributed by atoms with Crippen LogP contribution in [-0.2, 0) is 12.3 Å². The van der Waals surface area contributed by atoms with E-state index in [9.17, 15) is 5.11 Å². The molecule has 1 aromatic carbocycles. The largest absolute Gasteiger partial charge is 0.431 e. The quantitative estimate of drug-likeness (QED) is 0.458. The van der Waals surface area contributed by atoms with Crippen LogP contribution in [0.5, 0.6) is 0 Å². The molecule has 0 spiro atoms. The second-order valence-corrected chi connectivity index (χ2v) is 7.49. The van der Waals surface area contributed by atoms with Crippen molar-refractivity contribution in [3.8, 4) is 0 Å². The molecule has 9 heteroatoms. The first-order valence-corrected chi connectivity index (χ1v) is 9.93. The van der Waals surface area contributed by atoms with E-state index in [2.05, 4.69) is 22.0 Å². The van der Waals surface area contributed by atoms with Crippen LogP contribution in [0, 0.1) is 13.8 Å². The summed E-state index contributed by atoms with van der Waals surface area (Å²) in [7, 11) is 0. The standard InChI is InChI=1S/C19H18N6O2S/c1-11-12(2)24(7-8-26)17-16(11)18-22-15(23-25(18)10-20-17)9-28-19-21-13-5-3-4-6-14(13)27-19/h3-6,10,26H,7-9H2,1-2H3. The molecule has 8 nitrogen and oxygen atoms in total. The van der Waals surface area contributed by atoms with Crippen LogP contribution in [-0.4, -0.2) is 40.8 Å². The van der Waals surface area contributed by atoms with Crippen molar-refractivity contribution in [1.82, 2.24) is 29.1 Å². The summed E-state index contributed by atoms with van der Waals surface area (Å²) in [5.74, 6) is 1.24. The Bertz CT molecular complexity index is 1290. The van der Waals surface area contributed by atoms with Crippen molar-refractivity contribution < 1.29 is 9.52 Å². The average molecular weight is 394 g/mol. The summed E-state index contributed by atoms with van der Waals surface area (Å²) in [6, 6.07) is 7.70. The van der Waals surface area contributed by atoms with Gasteiger partial charge in [0.25, 0.3) is 5.22 Å². The molecule has 0 bridgehead atoms. The summed E-state index contributed by atoms with van der Waals surface area (Å²) in [6.07, 6.45) is 1.67. The number of aryl methyl sites for hydroxylation is 1. The fraction of sp³-hybridized carbons (Fsp3) is 0.263. The molecule has 142 valence electrons. The predicted octanol–water partition coefficient (Wildman–Crippen LogP) is 3.12. The Hall–Kier alpha value is -2.91. The molecular formula is C19H18N6O2S. The van der Waals surface area contributed by atoms with Crippen LogP contribution in [0.25, 0.3) is 27.8 Å². The van der Waals surface area contributed by atoms with Gasteiger partial charge >= 0.3 is 0 Å². The first-order valence-electron chi connectivity index (χ1n) is 8.94. The smallest absolute Gasteiger partial charge is 0.257 e. The van der Waals surface area contributed by atoms with E-state index in [1.807, 2.05) is 35.8 Å². The van der Waals surface area contributed by atoms with Crippen LogP contribution in [0.2, 0.25) is 0 Å². The number of thioether (sulfide) groups is 1. The van der Waals surface area contributed by atoms with Crippen molar-refractivity contribution in [2.45, 2.75) is 31.4 Å². The number of aliphatic hydroxyl groups is 1. The predicted molar refractivity (Wildman–Crippen MR) is 106 cm³/mol. The van der Waals surface area contributed by atoms with Crippen LogP contribution in [0.1, 0.15) is 17.1 Å². The summed E-state index contributed by atoms with van der Waals surface area (Å²) in [4.78, 5) is 13.8. The van der Waals surface area contributed by atoms with Gasteiger partial charge in [0.1, 0.15) is 17.5 Å². The van der Waals surface area contributed by atoms with E-state index in [-0.39, 0.29) is 6.61 Å². The minimum Gasteiger partial charge on any atom is -0.431 e. The van der Waals surface area contributed by atoms with E-state index < -0.39 is 0 Å². The van der Waals surface area contributed by atoms with Gasteiger partial charge < -0.3 is 14.1 Å². The van der Waals surface area contributed by atoms with E-state index in [0.717, 1.165) is 39.0 Å². The molecule has 5 aromatic rings. The van der Waals surface area contributed by atoms with Gasteiger partial charge in [0.05, 0.1) is 17.7 Å². The number of rotatable bonds is 5. The molecule has 0 aliphatic rings. The van der Waals surface area contributed by atoms with Gasteiger partial charge in [0, 0.05) is 12.2 Å². The molecule has 28 heavy (non-hydrogen) atoms. The summed E-state index contributed by atoms with van der Waals surface area (Å²) >= 11 is 1.47. The molecule has 0 unspecified atom stereocenters. The lowest BCUT2D eigenvalue weighted by Gasteiger charge is -2.04. The molecule has 0 amide bonds. The molecule has 0 radical (unpaired) electrons. The zero-order valence-electron chi connectivity index (χ0n) is 15.5. The Labute approximate surface area is 164 Å². The second kappa shape index (κ2) is 6.61. The average Bonchev–Trinajstić information content (AvgIpc) is 3.37. The first kappa shape index (κ1) is 17.2. The number of oxazole rings is 1. The molecule has 1 N–H and O–H groups in total. The lowest BCUT2D eigenvalue weighted by molar-refractivity contribution is 0.276. The maximum Gasteiger partial charge on any atom is 0.257 e. The zero-order chi connectivity index (χ0) is 19.3. The van der Waals surface area contributed by atoms with Crippen LogP contribution in [0.15, 0.2) is 40.2 Å². The number of nitrogens with zero attached hydrogens (tertiary/aromatic N) is 6. The van der Waals surface area contributed by atoms with Gasteiger partial charge in [-0.25, -0.2) is 19.5 Å². The van der Waals surface area contributed by atoms with Gasteiger partial charge in [-0.05, 0) is 31.5 Å². The summed E-state index contributed by atoms with van der Waals surface area (Å²) in [5.41, 5.74) is 5.39. The van der Waals surface area contributed by atoms with Gasteiger partial charge in [-0.3, -0.25) is 0 Å². The lowest BCUT2D eigenvalue weighted by Crippen LogP contribution is -2.05. The molecule has 5 rings (SSSR count). The third-order valence-electron chi connectivity index (χ3n) is 4.91. The third-order valence-corrected chi connectivity index (χ3v) is 5.74. The number of hydrogen-bond donors (Lipinski definition) is 1. The minimum absolute atomic E-state index is 0.0655. The Balaban J connectivity index is 1.50. The number of benzene rings is 1. The van der Waals surface area contributed by atoms with E-state index in [1.54, 1.807) is 10.8 Å². The Morgan fingerprint density at radius 3 is 2.82 bits per heavy atom. The van der Waals surface area contributed by atoms with Crippen molar-refractivity contribution in [2.24, 2.45) is 0 Å². The molecular weight excluding hydrogens is 376 g/mol. The van der Waals surface area contributed by atoms with Crippen LogP contribution in [0.4, 0.5) is 0 Å². The molecule has 4 aromatic heterocycles. The molecule has 4 heterocycles. The van der Waals surface area contributed by atoms with Gasteiger partial charge in [-0.15, -0.1) is 5.10 Å². The number of fused-ring (bicyclic) bond motifs is 4. The Morgan fingerprint density at radius 2 is 2.00 bits per heavy atom. The fourth-order valence-corrected chi connectivity index (χ4v) is 4.13. The zero-order valence-corrected chi connectivity index (χ0v) is 16.3. The minimum atomic E-state index is 0.0655. The van der Waals surface area contributed by atoms with Crippen molar-refractivity contribution in [3.63, 3.8) is 0 Å². The Morgan fingerprint density at radius 1 is 1.14 bits per heavy atom. The summed E-state index contributed by atoms with van der Waals surface area (Å²) < 4.78 is 9.48. The van der Waals surface area contributed by atoms with Crippen molar-refractivity contribution in [2.75, 3.05) is 6.61 Å². The highest BCUT2D eigenvalue weighted by atomic mass is 32.2. The van der Waals surface area contributed by atoms with Crippen LogP contribution < -0.4 is 0 Å². The van der Waals surface area contributed by atoms with E-state index in [0.29, 0.717) is 23.3 Å². The lowest BCUT2D eigenvalue weighted by atomic mass is 10.2. The molecule has 0 saturated heterocycles. The maximum atomic E-state index is 9.36. The van der Waals surface area contributed by atoms with Crippen molar-refractivity contribution in [3.05, 3.63) is 47.7 Å². The molecule has 0 aliphatic carbocycles. The molecule has 0 saturated carbocycles. The first-order chi connectivity index (χ1) is 13.7. The van der Waals surface area contributed by atoms with Crippen LogP contribution >= 0.6 is 11.8 Å². The number of aliphatic hydroxyl groups excluding tert-OH is 1. The SMILES string of the molecule is Cc1c(C)n(CCO)c2ncn3nc(CSc4nc5ccccc5o4)nc3c12. The van der Waals surface area contributed by atoms with Crippen molar-refractivity contribution in [1.29, 1.82) is 0 Å². The number of hydrogen-bond acceptors (Lipinski definition) is 7. The summed E-state index contributed by atoms with van der Waals surface area (Å²) in [5, 5.41) is 15.5. The topological polar surface area (TPSA) is 94.3 Å². The monoisotopic (exact) mass is 394 g/mol. The fourth-order valence-electron chi connectivity index (χ4n) is 3.45. The maximum absolute atomic E-state index is 9.36. The van der Waals surface area contributed by atoms with Gasteiger partial charge in [0.2, 0.25) is 0 Å². The highest BCUT2D eigenvalue weighted by Crippen LogP contribution is 2.28. The summed E-state index contributed by atoms with van der Waals surface area (Å²) in [6.45, 7) is 4.65. The molecule has 0 atom stereocenters. The van der Waals surface area contributed by atoms with E-state index in [1.165, 1.54) is 11.8 Å².